The van der Waals surface area contributed by atoms with E-state index in [0.717, 1.165) is 27.5 Å². The lowest BCUT2D eigenvalue weighted by Crippen LogP contribution is -2.47. The summed E-state index contributed by atoms with van der Waals surface area (Å²) in [6.07, 6.45) is 4.14. The molecule has 176 valence electrons. The summed E-state index contributed by atoms with van der Waals surface area (Å²) in [7, 11) is 0. The van der Waals surface area contributed by atoms with E-state index in [1.54, 1.807) is 36.0 Å². The monoisotopic (exact) mass is 494 g/mol. The van der Waals surface area contributed by atoms with Crippen molar-refractivity contribution in [1.29, 1.82) is 0 Å². The van der Waals surface area contributed by atoms with Gasteiger partial charge in [0.05, 0.1) is 16.8 Å². The molecular formula is C25H26N4O3S2. The molecule has 1 aromatic carbocycles. The number of nitrogens with one attached hydrogen (secondary N) is 1. The summed E-state index contributed by atoms with van der Waals surface area (Å²) < 4.78 is 2.15. The Morgan fingerprint density at radius 1 is 1.21 bits per heavy atom. The molecule has 4 rings (SSSR count). The van der Waals surface area contributed by atoms with Crippen molar-refractivity contribution in [2.75, 3.05) is 17.3 Å². The fraction of sp³-hybridized carbons (Fsp3) is 0.280. The number of aromatic nitrogens is 2. The number of nitrogens with zero attached hydrogens (tertiary/aromatic N) is 3. The molecule has 9 heteroatoms. The molecular weight excluding hydrogens is 468 g/mol. The van der Waals surface area contributed by atoms with Gasteiger partial charge in [0.25, 0.3) is 11.8 Å². The predicted molar refractivity (Wildman–Crippen MR) is 138 cm³/mol. The largest absolute Gasteiger partial charge is 0.345 e. The highest BCUT2D eigenvalue weighted by atomic mass is 32.2. The van der Waals surface area contributed by atoms with Crippen LogP contribution in [0.25, 0.3) is 11.3 Å². The zero-order valence-corrected chi connectivity index (χ0v) is 21.0. The Bertz CT molecular complexity index is 1240. The lowest BCUT2D eigenvalue weighted by molar-refractivity contribution is -0.120. The number of carbonyl (C=O) groups excluding carboxylic acids is 3. The van der Waals surface area contributed by atoms with Gasteiger partial charge in [0.15, 0.2) is 5.13 Å². The van der Waals surface area contributed by atoms with E-state index in [1.165, 1.54) is 11.3 Å². The Kier molecular flexibility index (Phi) is 7.04. The van der Waals surface area contributed by atoms with Crippen molar-refractivity contribution in [2.24, 2.45) is 0 Å². The van der Waals surface area contributed by atoms with Crippen LogP contribution in [0.2, 0.25) is 0 Å². The molecule has 1 atom stereocenters. The van der Waals surface area contributed by atoms with Gasteiger partial charge in [-0.3, -0.25) is 19.3 Å². The Balaban J connectivity index is 1.57. The Hall–Kier alpha value is -3.17. The number of thioether (sulfide) groups is 1. The van der Waals surface area contributed by atoms with E-state index in [4.69, 9.17) is 0 Å². The van der Waals surface area contributed by atoms with Crippen molar-refractivity contribution in [3.05, 3.63) is 70.9 Å². The number of anilines is 1. The van der Waals surface area contributed by atoms with Gasteiger partial charge >= 0.3 is 0 Å². The number of hydrogen-bond acceptors (Lipinski definition) is 6. The van der Waals surface area contributed by atoms with Crippen LogP contribution in [-0.2, 0) is 11.3 Å². The second kappa shape index (κ2) is 9.99. The van der Waals surface area contributed by atoms with Gasteiger partial charge in [-0.1, -0.05) is 18.2 Å². The molecule has 1 unspecified atom stereocenters. The molecule has 0 bridgehead atoms. The molecule has 0 spiro atoms. The molecule has 0 aliphatic carbocycles. The molecule has 7 nitrogen and oxygen atoms in total. The van der Waals surface area contributed by atoms with E-state index in [-0.39, 0.29) is 0 Å². The van der Waals surface area contributed by atoms with Gasteiger partial charge in [-0.25, -0.2) is 4.98 Å². The van der Waals surface area contributed by atoms with Gasteiger partial charge in [-0.2, -0.15) is 11.8 Å². The number of amides is 3. The maximum absolute atomic E-state index is 13.3. The van der Waals surface area contributed by atoms with E-state index in [2.05, 4.69) is 27.5 Å². The Morgan fingerprint density at radius 2 is 1.88 bits per heavy atom. The third-order valence-electron chi connectivity index (χ3n) is 5.93. The van der Waals surface area contributed by atoms with E-state index in [0.29, 0.717) is 35.0 Å². The van der Waals surface area contributed by atoms with Crippen molar-refractivity contribution >= 4 is 46.0 Å². The zero-order valence-electron chi connectivity index (χ0n) is 19.3. The average Bonchev–Trinajstić information content (AvgIpc) is 3.47. The first-order valence-electron chi connectivity index (χ1n) is 10.9. The maximum Gasteiger partial charge on any atom is 0.262 e. The molecule has 3 heterocycles. The summed E-state index contributed by atoms with van der Waals surface area (Å²) in [5.41, 5.74) is 4.61. The van der Waals surface area contributed by atoms with E-state index in [1.807, 2.05) is 31.6 Å². The number of carbonyl (C=O) groups is 3. The summed E-state index contributed by atoms with van der Waals surface area (Å²) in [6.45, 7) is 8.59. The number of rotatable bonds is 9. The van der Waals surface area contributed by atoms with Crippen LogP contribution in [0.1, 0.15) is 38.5 Å². The molecule has 0 radical (unpaired) electrons. The van der Waals surface area contributed by atoms with Crippen LogP contribution in [0.3, 0.4) is 0 Å². The minimum absolute atomic E-state index is 0.334. The average molecular weight is 495 g/mol. The number of benzene rings is 1. The van der Waals surface area contributed by atoms with Gasteiger partial charge in [0.2, 0.25) is 5.91 Å². The predicted octanol–water partition coefficient (Wildman–Crippen LogP) is 4.77. The molecule has 1 aliphatic rings. The van der Waals surface area contributed by atoms with Crippen LogP contribution in [0.15, 0.2) is 48.4 Å². The number of allylic oxidation sites excluding steroid dienone is 1. The molecule has 34 heavy (non-hydrogen) atoms. The molecule has 3 amide bonds. The van der Waals surface area contributed by atoms with E-state index >= 15 is 0 Å². The van der Waals surface area contributed by atoms with Crippen molar-refractivity contribution in [1.82, 2.24) is 14.5 Å². The summed E-state index contributed by atoms with van der Waals surface area (Å²) >= 11 is 2.87. The highest BCUT2D eigenvalue weighted by Gasteiger charge is 2.42. The van der Waals surface area contributed by atoms with Crippen molar-refractivity contribution < 1.29 is 14.4 Å². The number of imide groups is 1. The van der Waals surface area contributed by atoms with Crippen LogP contribution in [0, 0.1) is 13.8 Å². The second-order valence-electron chi connectivity index (χ2n) is 8.03. The van der Waals surface area contributed by atoms with Crippen molar-refractivity contribution in [3.63, 3.8) is 0 Å². The summed E-state index contributed by atoms with van der Waals surface area (Å²) in [6, 6.07) is 7.83. The van der Waals surface area contributed by atoms with Crippen LogP contribution >= 0.6 is 23.1 Å². The number of aryl methyl sites for hydroxylation is 1. The first kappa shape index (κ1) is 24.0. The standard InChI is InChI=1S/C25H26N4O3S2/c1-5-11-28-15(2)13-19(16(28)3)20-14-34-25(26-20)27-22(30)21(10-12-33-4)29-23(31)17-8-6-7-9-18(17)24(29)32/h5-9,13-14,21H,1,10-12H2,2-4H3,(H,26,27,30). The molecule has 3 aromatic rings. The molecule has 0 fully saturated rings. The lowest BCUT2D eigenvalue weighted by Gasteiger charge is -2.24. The third-order valence-corrected chi connectivity index (χ3v) is 7.33. The molecule has 1 aliphatic heterocycles. The second-order valence-corrected chi connectivity index (χ2v) is 9.88. The SMILES string of the molecule is C=CCn1c(C)cc(-c2csc(NC(=O)C(CCSC)N3C(=O)c4ccccc4C3=O)n2)c1C. The highest BCUT2D eigenvalue weighted by Crippen LogP contribution is 2.31. The summed E-state index contributed by atoms with van der Waals surface area (Å²) in [5.74, 6) is -0.654. The topological polar surface area (TPSA) is 84.3 Å². The quantitative estimate of drug-likeness (QED) is 0.342. The zero-order chi connectivity index (χ0) is 24.4. The van der Waals surface area contributed by atoms with Gasteiger partial charge in [0, 0.05) is 28.9 Å². The summed E-state index contributed by atoms with van der Waals surface area (Å²) in [5, 5.41) is 5.17. The van der Waals surface area contributed by atoms with E-state index < -0.39 is 23.8 Å². The first-order valence-corrected chi connectivity index (χ1v) is 13.1. The lowest BCUT2D eigenvalue weighted by atomic mass is 10.1. The fourth-order valence-corrected chi connectivity index (χ4v) is 5.38. The Labute approximate surface area is 206 Å². The Morgan fingerprint density at radius 3 is 2.50 bits per heavy atom. The van der Waals surface area contributed by atoms with Crippen molar-refractivity contribution in [3.8, 4) is 11.3 Å². The normalized spacial score (nSPS) is 13.8. The van der Waals surface area contributed by atoms with Crippen LogP contribution in [0.5, 0.6) is 0 Å². The smallest absolute Gasteiger partial charge is 0.262 e. The number of hydrogen-bond donors (Lipinski definition) is 1. The minimum atomic E-state index is -0.912. The minimum Gasteiger partial charge on any atom is -0.345 e. The molecule has 0 saturated heterocycles. The number of thiazole rings is 1. The number of fused-ring (bicyclic) bond motifs is 1. The van der Waals surface area contributed by atoms with Gasteiger partial charge in [0.1, 0.15) is 6.04 Å². The van der Waals surface area contributed by atoms with Gasteiger partial charge < -0.3 is 9.88 Å². The fourth-order valence-electron chi connectivity index (χ4n) is 4.21. The van der Waals surface area contributed by atoms with Crippen LogP contribution < -0.4 is 5.32 Å². The molecule has 1 N–H and O–H groups in total. The summed E-state index contributed by atoms with van der Waals surface area (Å²) in [4.78, 5) is 45.0. The van der Waals surface area contributed by atoms with Crippen LogP contribution in [-0.4, -0.2) is 50.2 Å². The first-order chi connectivity index (χ1) is 16.4. The maximum atomic E-state index is 13.3. The van der Waals surface area contributed by atoms with Gasteiger partial charge in [-0.15, -0.1) is 17.9 Å². The van der Waals surface area contributed by atoms with Gasteiger partial charge in [-0.05, 0) is 50.5 Å². The third kappa shape index (κ3) is 4.33. The highest BCUT2D eigenvalue weighted by molar-refractivity contribution is 7.98. The molecule has 0 saturated carbocycles. The van der Waals surface area contributed by atoms with Crippen LogP contribution in [0.4, 0.5) is 5.13 Å². The van der Waals surface area contributed by atoms with Crippen molar-refractivity contribution in [2.45, 2.75) is 32.9 Å². The molecule has 2 aromatic heterocycles. The van der Waals surface area contributed by atoms with E-state index in [9.17, 15) is 14.4 Å².